The van der Waals surface area contributed by atoms with Crippen molar-refractivity contribution in [2.45, 2.75) is 45.5 Å². The Morgan fingerprint density at radius 2 is 2.00 bits per heavy atom. The predicted octanol–water partition coefficient (Wildman–Crippen LogP) is 4.10. The molecule has 1 saturated heterocycles. The number of rotatable bonds is 3. The van der Waals surface area contributed by atoms with Gasteiger partial charge < -0.3 is 14.5 Å². The molecular weight excluding hydrogens is 518 g/mol. The van der Waals surface area contributed by atoms with Gasteiger partial charge in [0.15, 0.2) is 17.4 Å². The zero-order valence-corrected chi connectivity index (χ0v) is 21.9. The number of piperidine rings is 1. The van der Waals surface area contributed by atoms with Crippen molar-refractivity contribution in [3.05, 3.63) is 41.4 Å². The molecule has 39 heavy (non-hydrogen) atoms. The number of amides is 1. The zero-order chi connectivity index (χ0) is 28.3. The lowest BCUT2D eigenvalue weighted by Gasteiger charge is -2.44. The third-order valence-corrected chi connectivity index (χ3v) is 7.60. The van der Waals surface area contributed by atoms with E-state index in [0.717, 1.165) is 4.57 Å². The molecule has 0 radical (unpaired) electrons. The molecule has 5 rings (SSSR count). The minimum Gasteiger partial charge on any atom is -0.494 e. The van der Waals surface area contributed by atoms with Gasteiger partial charge in [0, 0.05) is 37.1 Å². The smallest absolute Gasteiger partial charge is 0.451 e. The monoisotopic (exact) mass is 545 g/mol. The number of fused-ring (bicyclic) bond motifs is 2. The van der Waals surface area contributed by atoms with Crippen LogP contribution in [0.4, 0.5) is 23.2 Å². The Labute approximate surface area is 222 Å². The number of nitrogens with zero attached hydrogens (tertiary/aromatic N) is 7. The Hall–Kier alpha value is -3.95. The molecule has 9 nitrogen and oxygen atoms in total. The summed E-state index contributed by atoms with van der Waals surface area (Å²) in [5.41, 5.74) is -0.118. The Kier molecular flexibility index (Phi) is 6.39. The number of benzene rings is 1. The van der Waals surface area contributed by atoms with Crippen LogP contribution < -0.4 is 9.64 Å². The summed E-state index contributed by atoms with van der Waals surface area (Å²) < 4.78 is 61.5. The highest BCUT2D eigenvalue weighted by Gasteiger charge is 2.46. The molecule has 206 valence electrons. The molecule has 0 aliphatic carbocycles. The number of carbonyl (C=O) groups excluding carboxylic acids is 1. The number of ether oxygens (including phenoxy) is 1. The molecule has 2 unspecified atom stereocenters. The van der Waals surface area contributed by atoms with Gasteiger partial charge in [0.25, 0.3) is 0 Å². The highest BCUT2D eigenvalue weighted by molar-refractivity contribution is 5.95. The van der Waals surface area contributed by atoms with E-state index in [-0.39, 0.29) is 47.9 Å². The largest absolute Gasteiger partial charge is 0.494 e. The number of hydrogen-bond acceptors (Lipinski definition) is 7. The predicted molar refractivity (Wildman–Crippen MR) is 132 cm³/mol. The summed E-state index contributed by atoms with van der Waals surface area (Å²) in [6, 6.07) is 5.30. The highest BCUT2D eigenvalue weighted by Crippen LogP contribution is 2.39. The molecule has 2 atom stereocenters. The van der Waals surface area contributed by atoms with Crippen LogP contribution in [-0.4, -0.2) is 57.3 Å². The van der Waals surface area contributed by atoms with Crippen molar-refractivity contribution in [1.29, 1.82) is 5.26 Å². The van der Waals surface area contributed by atoms with Crippen molar-refractivity contribution < 1.29 is 27.1 Å². The number of halogens is 4. The summed E-state index contributed by atoms with van der Waals surface area (Å²) in [5, 5.41) is 17.3. The average Bonchev–Trinajstić information content (AvgIpc) is 3.34. The molecule has 0 bridgehead atoms. The van der Waals surface area contributed by atoms with Crippen molar-refractivity contribution >= 4 is 22.5 Å². The second kappa shape index (κ2) is 9.36. The Balaban J connectivity index is 1.39. The Morgan fingerprint density at radius 3 is 2.64 bits per heavy atom. The van der Waals surface area contributed by atoms with E-state index in [4.69, 9.17) is 4.74 Å². The SMILES string of the molecule is COc1ccc2c(N3CCC(C(=O)N4Cc5nnc(C(F)(F)F)n5C(C)(C)C4)C(C)C3)c(C#N)cnc2c1F. The van der Waals surface area contributed by atoms with E-state index >= 15 is 0 Å². The average molecular weight is 546 g/mol. The van der Waals surface area contributed by atoms with Crippen LogP contribution in [0.2, 0.25) is 0 Å². The number of aromatic nitrogens is 4. The number of methoxy groups -OCH3 is 1. The van der Waals surface area contributed by atoms with Crippen LogP contribution in [-0.2, 0) is 23.1 Å². The molecule has 4 heterocycles. The fourth-order valence-electron chi connectivity index (χ4n) is 5.89. The molecule has 0 saturated carbocycles. The van der Waals surface area contributed by atoms with Gasteiger partial charge in [-0.1, -0.05) is 6.92 Å². The van der Waals surface area contributed by atoms with Crippen LogP contribution in [0.1, 0.15) is 44.4 Å². The summed E-state index contributed by atoms with van der Waals surface area (Å²) in [4.78, 5) is 21.3. The van der Waals surface area contributed by atoms with E-state index < -0.39 is 23.4 Å². The van der Waals surface area contributed by atoms with Crippen LogP contribution in [0.15, 0.2) is 18.3 Å². The van der Waals surface area contributed by atoms with Gasteiger partial charge >= 0.3 is 6.18 Å². The van der Waals surface area contributed by atoms with Crippen molar-refractivity contribution in [3.63, 3.8) is 0 Å². The van der Waals surface area contributed by atoms with E-state index in [1.807, 2.05) is 11.8 Å². The zero-order valence-electron chi connectivity index (χ0n) is 21.9. The van der Waals surface area contributed by atoms with E-state index in [1.54, 1.807) is 24.8 Å². The van der Waals surface area contributed by atoms with Gasteiger partial charge in [-0.3, -0.25) is 14.3 Å². The lowest BCUT2D eigenvalue weighted by molar-refractivity contribution is -0.151. The first-order valence-corrected chi connectivity index (χ1v) is 12.5. The topological polar surface area (TPSA) is 100 Å². The van der Waals surface area contributed by atoms with Crippen LogP contribution in [0.3, 0.4) is 0 Å². The molecule has 2 aliphatic rings. The summed E-state index contributed by atoms with van der Waals surface area (Å²) in [6.45, 7) is 6.05. The molecule has 0 spiro atoms. The van der Waals surface area contributed by atoms with Crippen LogP contribution in [0, 0.1) is 29.0 Å². The van der Waals surface area contributed by atoms with Crippen molar-refractivity contribution in [2.75, 3.05) is 31.6 Å². The van der Waals surface area contributed by atoms with Gasteiger partial charge in [-0.25, -0.2) is 4.39 Å². The van der Waals surface area contributed by atoms with Gasteiger partial charge in [0.2, 0.25) is 11.7 Å². The quantitative estimate of drug-likeness (QED) is 0.457. The molecule has 2 aromatic heterocycles. The number of alkyl halides is 3. The minimum absolute atomic E-state index is 0.0472. The fourth-order valence-corrected chi connectivity index (χ4v) is 5.89. The number of anilines is 1. The standard InChI is InChI=1S/C26H27F4N7O2/c1-14-11-35(22-15(9-31)10-32-21-17(22)5-6-18(39-4)20(21)27)8-7-16(14)23(38)36-12-19-33-34-24(26(28,29)30)37(19)25(2,3)13-36/h5-6,10,14,16H,7-8,11-13H2,1-4H3. The van der Waals surface area contributed by atoms with Crippen molar-refractivity contribution in [3.8, 4) is 11.8 Å². The first kappa shape index (κ1) is 26.6. The van der Waals surface area contributed by atoms with Gasteiger partial charge in [-0.15, -0.1) is 10.2 Å². The summed E-state index contributed by atoms with van der Waals surface area (Å²) in [7, 11) is 1.36. The molecule has 1 aromatic carbocycles. The minimum atomic E-state index is -4.65. The number of carbonyl (C=O) groups is 1. The lowest BCUT2D eigenvalue weighted by Crippen LogP contribution is -2.54. The van der Waals surface area contributed by atoms with E-state index in [0.29, 0.717) is 36.1 Å². The number of pyridine rings is 1. The van der Waals surface area contributed by atoms with E-state index in [1.165, 1.54) is 19.4 Å². The van der Waals surface area contributed by atoms with Gasteiger partial charge in [-0.2, -0.15) is 18.4 Å². The third kappa shape index (κ3) is 4.41. The molecule has 3 aromatic rings. The molecule has 0 N–H and O–H groups in total. The third-order valence-electron chi connectivity index (χ3n) is 7.60. The lowest BCUT2D eigenvalue weighted by atomic mass is 9.84. The maximum atomic E-state index is 14.9. The fraction of sp³-hybridized carbons (Fsp3) is 0.500. The summed E-state index contributed by atoms with van der Waals surface area (Å²) in [6.07, 6.45) is -2.86. The molecule has 2 aliphatic heterocycles. The Morgan fingerprint density at radius 1 is 1.26 bits per heavy atom. The first-order chi connectivity index (χ1) is 18.4. The van der Waals surface area contributed by atoms with E-state index in [9.17, 15) is 27.6 Å². The van der Waals surface area contributed by atoms with Gasteiger partial charge in [0.1, 0.15) is 11.6 Å². The van der Waals surface area contributed by atoms with Crippen molar-refractivity contribution in [2.24, 2.45) is 11.8 Å². The number of nitriles is 1. The van der Waals surface area contributed by atoms with Crippen LogP contribution in [0.25, 0.3) is 10.9 Å². The first-order valence-electron chi connectivity index (χ1n) is 12.5. The van der Waals surface area contributed by atoms with Gasteiger partial charge in [0.05, 0.1) is 30.4 Å². The molecular formula is C26H27F4N7O2. The second-order valence-electron chi connectivity index (χ2n) is 10.7. The summed E-state index contributed by atoms with van der Waals surface area (Å²) in [5.74, 6) is -2.24. The number of hydrogen-bond donors (Lipinski definition) is 0. The van der Waals surface area contributed by atoms with E-state index in [2.05, 4.69) is 21.3 Å². The maximum Gasteiger partial charge on any atom is 0.451 e. The summed E-state index contributed by atoms with van der Waals surface area (Å²) >= 11 is 0. The Bertz CT molecular complexity index is 1490. The second-order valence-corrected chi connectivity index (χ2v) is 10.7. The van der Waals surface area contributed by atoms with Crippen molar-refractivity contribution in [1.82, 2.24) is 24.6 Å². The normalized spacial score (nSPS) is 21.0. The molecule has 1 fully saturated rings. The molecule has 1 amide bonds. The van der Waals surface area contributed by atoms with Crippen LogP contribution >= 0.6 is 0 Å². The molecule has 13 heteroatoms. The maximum absolute atomic E-state index is 14.9. The van der Waals surface area contributed by atoms with Crippen LogP contribution in [0.5, 0.6) is 5.75 Å². The highest BCUT2D eigenvalue weighted by atomic mass is 19.4. The van der Waals surface area contributed by atoms with Gasteiger partial charge in [-0.05, 0) is 38.3 Å².